The average Bonchev–Trinajstić information content (AvgIpc) is 2.68. The van der Waals surface area contributed by atoms with Gasteiger partial charge in [-0.1, -0.05) is 29.2 Å². The Hall–Kier alpha value is -2.46. The molecule has 1 atom stereocenters. The minimum Gasteiger partial charge on any atom is -0.399 e. The first-order valence-corrected chi connectivity index (χ1v) is 10.6. The lowest BCUT2D eigenvalue weighted by Gasteiger charge is -2.09. The van der Waals surface area contributed by atoms with E-state index < -0.39 is 10.8 Å². The SMILES string of the molecule is Cc1cccc(C)c1-c1cc(S(C)=O)nc(NSc2cccc(N)c2)[nH+]1.OO. The fourth-order valence-electron chi connectivity index (χ4n) is 2.71. The van der Waals surface area contributed by atoms with Crippen LogP contribution in [0, 0.1) is 13.8 Å². The van der Waals surface area contributed by atoms with Gasteiger partial charge in [0.2, 0.25) is 5.03 Å². The van der Waals surface area contributed by atoms with E-state index in [4.69, 9.17) is 16.2 Å². The Labute approximate surface area is 170 Å². The Bertz CT molecular complexity index is 963. The Morgan fingerprint density at radius 2 is 1.75 bits per heavy atom. The number of H-pyrrole nitrogens is 1. The molecule has 0 amide bonds. The number of nitrogens with two attached hydrogens (primary N) is 1. The molecule has 0 spiro atoms. The maximum atomic E-state index is 12.1. The van der Waals surface area contributed by atoms with Crippen molar-refractivity contribution in [2.24, 2.45) is 0 Å². The van der Waals surface area contributed by atoms with E-state index in [-0.39, 0.29) is 0 Å². The van der Waals surface area contributed by atoms with Crippen LogP contribution in [0.3, 0.4) is 0 Å². The highest BCUT2D eigenvalue weighted by atomic mass is 32.2. The van der Waals surface area contributed by atoms with Crippen molar-refractivity contribution in [3.8, 4) is 11.3 Å². The monoisotopic (exact) mass is 419 g/mol. The molecule has 0 bridgehead atoms. The molecule has 7 nitrogen and oxygen atoms in total. The van der Waals surface area contributed by atoms with Crippen molar-refractivity contribution in [1.29, 1.82) is 0 Å². The summed E-state index contributed by atoms with van der Waals surface area (Å²) in [5.74, 6) is 0.544. The van der Waals surface area contributed by atoms with Crippen molar-refractivity contribution in [2.45, 2.75) is 23.8 Å². The van der Waals surface area contributed by atoms with Crippen LogP contribution in [-0.2, 0) is 10.8 Å². The molecule has 0 aliphatic heterocycles. The highest BCUT2D eigenvalue weighted by Crippen LogP contribution is 2.26. The van der Waals surface area contributed by atoms with E-state index in [1.807, 2.05) is 36.4 Å². The zero-order valence-corrected chi connectivity index (χ0v) is 17.4. The molecule has 28 heavy (non-hydrogen) atoms. The van der Waals surface area contributed by atoms with Crippen LogP contribution >= 0.6 is 11.9 Å². The molecule has 3 aromatic rings. The van der Waals surface area contributed by atoms with E-state index in [0.29, 0.717) is 16.7 Å². The van der Waals surface area contributed by atoms with Crippen LogP contribution in [0.1, 0.15) is 11.1 Å². The van der Waals surface area contributed by atoms with Gasteiger partial charge < -0.3 is 5.73 Å². The fraction of sp³-hybridized carbons (Fsp3) is 0.158. The fourth-order valence-corrected chi connectivity index (χ4v) is 3.87. The third-order valence-corrected chi connectivity index (χ3v) is 5.49. The number of nitrogen functional groups attached to an aromatic ring is 1. The molecular weight excluding hydrogens is 396 g/mol. The molecular formula is C19H23N4O3S2+. The number of aromatic nitrogens is 2. The van der Waals surface area contributed by atoms with E-state index in [1.54, 1.807) is 6.26 Å². The van der Waals surface area contributed by atoms with E-state index in [2.05, 4.69) is 40.7 Å². The molecule has 0 fully saturated rings. The van der Waals surface area contributed by atoms with Crippen LogP contribution in [-0.4, -0.2) is 26.0 Å². The Balaban J connectivity index is 0.00000136. The molecule has 0 saturated carbocycles. The van der Waals surface area contributed by atoms with Crippen LogP contribution in [0.15, 0.2) is 58.5 Å². The molecule has 1 aromatic heterocycles. The van der Waals surface area contributed by atoms with Gasteiger partial charge in [0.1, 0.15) is 5.69 Å². The Kier molecular flexibility index (Phi) is 7.94. The topological polar surface area (TPSA) is 123 Å². The lowest BCUT2D eigenvalue weighted by atomic mass is 10.00. The van der Waals surface area contributed by atoms with Gasteiger partial charge >= 0.3 is 5.95 Å². The second kappa shape index (κ2) is 10.2. The molecule has 0 aliphatic carbocycles. The van der Waals surface area contributed by atoms with E-state index in [1.165, 1.54) is 11.9 Å². The number of hydrogen-bond donors (Lipinski definition) is 4. The van der Waals surface area contributed by atoms with Gasteiger partial charge in [-0.25, -0.2) is 9.71 Å². The number of nitrogens with zero attached hydrogens (tertiary/aromatic N) is 1. The summed E-state index contributed by atoms with van der Waals surface area (Å²) in [6.07, 6.45) is 1.63. The maximum Gasteiger partial charge on any atom is 0.402 e. The smallest absolute Gasteiger partial charge is 0.399 e. The highest BCUT2D eigenvalue weighted by molar-refractivity contribution is 8.00. The number of rotatable bonds is 5. The van der Waals surface area contributed by atoms with Gasteiger partial charge in [-0.15, -0.1) is 0 Å². The first-order valence-electron chi connectivity index (χ1n) is 8.27. The molecule has 2 aromatic carbocycles. The second-order valence-corrected chi connectivity index (χ2v) is 8.19. The molecule has 1 heterocycles. The quantitative estimate of drug-likeness (QED) is 0.164. The second-order valence-electron chi connectivity index (χ2n) is 5.98. The summed E-state index contributed by atoms with van der Waals surface area (Å²) in [4.78, 5) is 8.72. The molecule has 0 saturated heterocycles. The summed E-state index contributed by atoms with van der Waals surface area (Å²) >= 11 is 1.40. The number of benzene rings is 2. The van der Waals surface area contributed by atoms with E-state index in [9.17, 15) is 4.21 Å². The summed E-state index contributed by atoms with van der Waals surface area (Å²) in [7, 11) is -1.19. The Morgan fingerprint density at radius 3 is 2.36 bits per heavy atom. The minimum absolute atomic E-state index is 0.525. The maximum absolute atomic E-state index is 12.1. The number of nitrogens with one attached hydrogen (secondary N) is 2. The predicted molar refractivity (Wildman–Crippen MR) is 114 cm³/mol. The van der Waals surface area contributed by atoms with Gasteiger partial charge in [0.25, 0.3) is 0 Å². The third-order valence-electron chi connectivity index (χ3n) is 3.91. The van der Waals surface area contributed by atoms with Crippen molar-refractivity contribution in [3.63, 3.8) is 0 Å². The summed E-state index contributed by atoms with van der Waals surface area (Å²) in [5.41, 5.74) is 10.8. The average molecular weight is 420 g/mol. The first-order chi connectivity index (χ1) is 13.4. The standard InChI is InChI=1S/C19H20N4OS2.H2O2/c1-12-6-4-7-13(2)18(12)16-11-17(26(3)24)22-19(21-16)23-25-15-9-5-8-14(20)10-15;1-2/h4-11H,20H2,1-3H3,(H,21,22,23);1-2H/p+1. The van der Waals surface area contributed by atoms with Crippen molar-refractivity contribution >= 4 is 34.4 Å². The molecule has 6 N–H and O–H groups in total. The van der Waals surface area contributed by atoms with Gasteiger partial charge in [0, 0.05) is 28.5 Å². The van der Waals surface area contributed by atoms with Crippen LogP contribution in [0.25, 0.3) is 11.3 Å². The highest BCUT2D eigenvalue weighted by Gasteiger charge is 2.18. The van der Waals surface area contributed by atoms with Gasteiger partial charge in [-0.2, -0.15) is 0 Å². The van der Waals surface area contributed by atoms with Crippen molar-refractivity contribution in [2.75, 3.05) is 16.7 Å². The van der Waals surface area contributed by atoms with Gasteiger partial charge in [-0.05, 0) is 43.2 Å². The lowest BCUT2D eigenvalue weighted by molar-refractivity contribution is -0.351. The zero-order chi connectivity index (χ0) is 20.7. The van der Waals surface area contributed by atoms with Crippen molar-refractivity contribution in [3.05, 3.63) is 59.7 Å². The molecule has 1 unspecified atom stereocenters. The number of hydrogen-bond acceptors (Lipinski definition) is 7. The first kappa shape index (κ1) is 21.8. The van der Waals surface area contributed by atoms with Crippen LogP contribution in [0.5, 0.6) is 0 Å². The van der Waals surface area contributed by atoms with Crippen molar-refractivity contribution in [1.82, 2.24) is 4.98 Å². The van der Waals surface area contributed by atoms with Gasteiger partial charge in [0.05, 0.1) is 22.7 Å². The predicted octanol–water partition coefficient (Wildman–Crippen LogP) is 3.64. The summed E-state index contributed by atoms with van der Waals surface area (Å²) in [6, 6.07) is 15.6. The summed E-state index contributed by atoms with van der Waals surface area (Å²) in [6.45, 7) is 4.13. The molecule has 0 aliphatic rings. The molecule has 148 valence electrons. The molecule has 9 heteroatoms. The Morgan fingerprint density at radius 1 is 1.11 bits per heavy atom. The number of anilines is 2. The van der Waals surface area contributed by atoms with Crippen molar-refractivity contribution < 1.29 is 19.7 Å². The zero-order valence-electron chi connectivity index (χ0n) is 15.8. The van der Waals surface area contributed by atoms with E-state index in [0.717, 1.165) is 27.3 Å². The summed E-state index contributed by atoms with van der Waals surface area (Å²) < 4.78 is 15.2. The van der Waals surface area contributed by atoms with Crippen LogP contribution in [0.2, 0.25) is 0 Å². The van der Waals surface area contributed by atoms with Gasteiger partial charge in [-0.3, -0.25) is 14.7 Å². The normalized spacial score (nSPS) is 11.3. The number of aromatic amines is 1. The third kappa shape index (κ3) is 5.52. The number of aryl methyl sites for hydroxylation is 2. The minimum atomic E-state index is -1.19. The van der Waals surface area contributed by atoms with Gasteiger partial charge in [0.15, 0.2) is 0 Å². The molecule has 3 rings (SSSR count). The largest absolute Gasteiger partial charge is 0.402 e. The van der Waals surface area contributed by atoms with E-state index >= 15 is 0 Å². The molecule has 0 radical (unpaired) electrons. The van der Waals surface area contributed by atoms with Crippen LogP contribution in [0.4, 0.5) is 11.6 Å². The lowest BCUT2D eigenvalue weighted by Crippen LogP contribution is -2.17. The van der Waals surface area contributed by atoms with Crippen LogP contribution < -0.4 is 15.4 Å². The summed E-state index contributed by atoms with van der Waals surface area (Å²) in [5, 5.41) is 12.5.